The summed E-state index contributed by atoms with van der Waals surface area (Å²) in [5, 5.41) is 20.2. The number of aromatic nitrogens is 1. The van der Waals surface area contributed by atoms with E-state index in [0.29, 0.717) is 38.8 Å². The number of piperidine rings is 1. The molecule has 178 valence electrons. The Morgan fingerprint density at radius 3 is 2.68 bits per heavy atom. The summed E-state index contributed by atoms with van der Waals surface area (Å²) >= 11 is 5.96. The Labute approximate surface area is 202 Å². The molecule has 9 heteroatoms. The first kappa shape index (κ1) is 23.8. The van der Waals surface area contributed by atoms with E-state index >= 15 is 0 Å². The smallest absolute Gasteiger partial charge is 0.223 e. The Morgan fingerprint density at radius 2 is 1.94 bits per heavy atom. The number of hydrogen-bond donors (Lipinski definition) is 5. The first-order valence-electron chi connectivity index (χ1n) is 11.1. The van der Waals surface area contributed by atoms with Gasteiger partial charge >= 0.3 is 0 Å². The van der Waals surface area contributed by atoms with E-state index in [-0.39, 0.29) is 29.9 Å². The van der Waals surface area contributed by atoms with Crippen LogP contribution in [0.5, 0.6) is 5.75 Å². The molecule has 1 aliphatic heterocycles. The van der Waals surface area contributed by atoms with Crippen molar-refractivity contribution in [2.24, 2.45) is 5.92 Å². The fourth-order valence-corrected chi connectivity index (χ4v) is 4.18. The molecule has 1 amide bonds. The van der Waals surface area contributed by atoms with Crippen LogP contribution in [-0.2, 0) is 18.0 Å². The van der Waals surface area contributed by atoms with E-state index < -0.39 is 6.67 Å². The number of alkyl halides is 1. The van der Waals surface area contributed by atoms with Gasteiger partial charge in [-0.05, 0) is 68.4 Å². The number of nitrogens with one attached hydrogen (secondary N) is 3. The van der Waals surface area contributed by atoms with E-state index in [1.807, 2.05) is 0 Å². The van der Waals surface area contributed by atoms with Crippen LogP contribution in [0.3, 0.4) is 0 Å². The molecule has 0 radical (unpaired) electrons. The van der Waals surface area contributed by atoms with Crippen LogP contribution in [-0.4, -0.2) is 29.1 Å². The number of aromatic hydroxyl groups is 1. The van der Waals surface area contributed by atoms with Crippen LogP contribution >= 0.6 is 11.6 Å². The van der Waals surface area contributed by atoms with E-state index in [1.54, 1.807) is 42.5 Å². The minimum absolute atomic E-state index is 0.0143. The number of nitrogens with two attached hydrogens (primary N) is 1. The molecule has 0 unspecified atom stereocenters. The number of pyridine rings is 1. The molecule has 34 heavy (non-hydrogen) atoms. The summed E-state index contributed by atoms with van der Waals surface area (Å²) in [6, 6.07) is 13.4. The van der Waals surface area contributed by atoms with Gasteiger partial charge in [-0.2, -0.15) is 0 Å². The van der Waals surface area contributed by atoms with Gasteiger partial charge in [0.1, 0.15) is 18.2 Å². The van der Waals surface area contributed by atoms with Gasteiger partial charge in [0.15, 0.2) is 0 Å². The Bertz CT molecular complexity index is 1180. The number of phenolic OH excluding ortho intramolecular Hbond substituents is 1. The lowest BCUT2D eigenvalue weighted by atomic mass is 9.97. The number of phenols is 1. The Hall–Kier alpha value is -3.36. The molecular formula is C25H27ClFN5O2. The van der Waals surface area contributed by atoms with E-state index in [0.717, 1.165) is 25.9 Å². The second kappa shape index (κ2) is 10.7. The number of halogens is 2. The molecule has 1 fully saturated rings. The third kappa shape index (κ3) is 5.58. The standard InChI is InChI=1S/C25H27ClFN5O2/c26-18-2-5-21(17(11-18)13-27)31-19-3-6-23(33)20(12-19)22-4-1-16(24(28)32-22)14-30-25(34)15-7-9-29-10-8-15/h1-6,11-12,15,29,31,33H,7-10,13-14H2,(H2,28,32)(H,30,34). The maximum atomic E-state index is 13.4. The predicted octanol–water partition coefficient (Wildman–Crippen LogP) is 4.52. The molecule has 0 atom stereocenters. The molecule has 4 rings (SSSR count). The maximum absolute atomic E-state index is 13.4. The fourth-order valence-electron chi connectivity index (χ4n) is 3.98. The molecule has 0 aliphatic carbocycles. The van der Waals surface area contributed by atoms with Crippen molar-refractivity contribution in [3.05, 3.63) is 64.7 Å². The van der Waals surface area contributed by atoms with Crippen LogP contribution in [0.25, 0.3) is 11.3 Å². The zero-order chi connectivity index (χ0) is 24.1. The summed E-state index contributed by atoms with van der Waals surface area (Å²) in [5.74, 6) is 0.348. The minimum atomic E-state index is -0.665. The number of rotatable bonds is 7. The predicted molar refractivity (Wildman–Crippen MR) is 133 cm³/mol. The highest BCUT2D eigenvalue weighted by Crippen LogP contribution is 2.33. The number of carbonyl (C=O) groups is 1. The maximum Gasteiger partial charge on any atom is 0.223 e. The molecule has 1 aromatic heterocycles. The van der Waals surface area contributed by atoms with Gasteiger partial charge in [0.25, 0.3) is 0 Å². The fraction of sp³-hybridized carbons (Fsp3) is 0.280. The van der Waals surface area contributed by atoms with E-state index in [4.69, 9.17) is 17.3 Å². The van der Waals surface area contributed by atoms with Crippen molar-refractivity contribution in [3.8, 4) is 17.0 Å². The van der Waals surface area contributed by atoms with Crippen LogP contribution in [0.1, 0.15) is 24.0 Å². The summed E-state index contributed by atoms with van der Waals surface area (Å²) < 4.78 is 13.4. The van der Waals surface area contributed by atoms with Crippen molar-refractivity contribution in [2.45, 2.75) is 26.1 Å². The first-order valence-corrected chi connectivity index (χ1v) is 11.5. The lowest BCUT2D eigenvalue weighted by Crippen LogP contribution is -2.38. The lowest BCUT2D eigenvalue weighted by Gasteiger charge is -2.21. The Kier molecular flexibility index (Phi) is 7.49. The van der Waals surface area contributed by atoms with Gasteiger partial charge in [-0.3, -0.25) is 4.79 Å². The van der Waals surface area contributed by atoms with Gasteiger partial charge in [-0.15, -0.1) is 0 Å². The third-order valence-corrected chi connectivity index (χ3v) is 6.17. The topological polar surface area (TPSA) is 112 Å². The van der Waals surface area contributed by atoms with Crippen molar-refractivity contribution < 1.29 is 14.3 Å². The highest BCUT2D eigenvalue weighted by atomic mass is 35.5. The second-order valence-corrected chi connectivity index (χ2v) is 8.71. The van der Waals surface area contributed by atoms with Crippen LogP contribution in [0.2, 0.25) is 5.02 Å². The van der Waals surface area contributed by atoms with E-state index in [1.165, 1.54) is 6.07 Å². The first-order chi connectivity index (χ1) is 16.4. The van der Waals surface area contributed by atoms with Gasteiger partial charge in [0, 0.05) is 45.6 Å². The lowest BCUT2D eigenvalue weighted by molar-refractivity contribution is -0.125. The third-order valence-electron chi connectivity index (χ3n) is 5.94. The highest BCUT2D eigenvalue weighted by molar-refractivity contribution is 6.30. The zero-order valence-electron chi connectivity index (χ0n) is 18.6. The number of amides is 1. The number of benzene rings is 2. The van der Waals surface area contributed by atoms with Crippen molar-refractivity contribution in [2.75, 3.05) is 24.1 Å². The van der Waals surface area contributed by atoms with Crippen molar-refractivity contribution in [1.29, 1.82) is 0 Å². The zero-order valence-corrected chi connectivity index (χ0v) is 19.3. The summed E-state index contributed by atoms with van der Waals surface area (Å²) in [4.78, 5) is 16.8. The van der Waals surface area contributed by atoms with Gasteiger partial charge in [-0.1, -0.05) is 17.7 Å². The average Bonchev–Trinajstić information content (AvgIpc) is 2.85. The summed E-state index contributed by atoms with van der Waals surface area (Å²) in [5.41, 5.74) is 9.47. The SMILES string of the molecule is Nc1nc(-c2cc(Nc3ccc(Cl)cc3CF)ccc2O)ccc1CNC(=O)C1CCNCC1. The summed E-state index contributed by atoms with van der Waals surface area (Å²) in [6.45, 7) is 1.32. The van der Waals surface area contributed by atoms with Gasteiger partial charge in [0.2, 0.25) is 5.91 Å². The molecule has 6 N–H and O–H groups in total. The molecular weight excluding hydrogens is 457 g/mol. The summed E-state index contributed by atoms with van der Waals surface area (Å²) in [6.07, 6.45) is 1.65. The number of hydrogen-bond acceptors (Lipinski definition) is 6. The number of carbonyl (C=O) groups excluding carboxylic acids is 1. The minimum Gasteiger partial charge on any atom is -0.507 e. The molecule has 3 aromatic rings. The molecule has 1 saturated heterocycles. The van der Waals surface area contributed by atoms with Crippen molar-refractivity contribution >= 4 is 34.7 Å². The van der Waals surface area contributed by atoms with E-state index in [2.05, 4.69) is 20.9 Å². The van der Waals surface area contributed by atoms with E-state index in [9.17, 15) is 14.3 Å². The number of nitrogens with zero attached hydrogens (tertiary/aromatic N) is 1. The van der Waals surface area contributed by atoms with Gasteiger partial charge < -0.3 is 26.8 Å². The summed E-state index contributed by atoms with van der Waals surface area (Å²) in [7, 11) is 0. The molecule has 0 bridgehead atoms. The second-order valence-electron chi connectivity index (χ2n) is 8.27. The van der Waals surface area contributed by atoms with Crippen LogP contribution in [0.15, 0.2) is 48.5 Å². The molecule has 2 aromatic carbocycles. The van der Waals surface area contributed by atoms with Crippen molar-refractivity contribution in [3.63, 3.8) is 0 Å². The largest absolute Gasteiger partial charge is 0.507 e. The monoisotopic (exact) mass is 483 g/mol. The van der Waals surface area contributed by atoms with Crippen LogP contribution < -0.4 is 21.7 Å². The normalized spacial score (nSPS) is 14.1. The Balaban J connectivity index is 1.49. The van der Waals surface area contributed by atoms with Crippen LogP contribution in [0, 0.1) is 5.92 Å². The quantitative estimate of drug-likeness (QED) is 0.316. The molecule has 1 aliphatic rings. The molecule has 0 saturated carbocycles. The highest BCUT2D eigenvalue weighted by Gasteiger charge is 2.21. The van der Waals surface area contributed by atoms with Crippen molar-refractivity contribution in [1.82, 2.24) is 15.6 Å². The number of anilines is 3. The van der Waals surface area contributed by atoms with Gasteiger partial charge in [-0.25, -0.2) is 9.37 Å². The Morgan fingerprint density at radius 1 is 1.15 bits per heavy atom. The molecule has 0 spiro atoms. The average molecular weight is 484 g/mol. The molecule has 2 heterocycles. The van der Waals surface area contributed by atoms with Gasteiger partial charge in [0.05, 0.1) is 5.69 Å². The molecule has 7 nitrogen and oxygen atoms in total. The number of nitrogen functional groups attached to an aromatic ring is 1. The van der Waals surface area contributed by atoms with Crippen LogP contribution in [0.4, 0.5) is 21.6 Å².